The molecular weight excluding hydrogens is 256 g/mol. The second-order valence-corrected chi connectivity index (χ2v) is 5.35. The lowest BCUT2D eigenvalue weighted by Gasteiger charge is -2.15. The number of methoxy groups -OCH3 is 1. The van der Waals surface area contributed by atoms with Crippen LogP contribution in [0.3, 0.4) is 0 Å². The molecule has 20 heavy (non-hydrogen) atoms. The van der Waals surface area contributed by atoms with Crippen molar-refractivity contribution in [1.82, 2.24) is 5.32 Å². The minimum absolute atomic E-state index is 0.00539. The van der Waals surface area contributed by atoms with Crippen molar-refractivity contribution in [3.63, 3.8) is 0 Å². The molecular formula is C15H22N2O3. The van der Waals surface area contributed by atoms with Gasteiger partial charge in [-0.3, -0.25) is 4.79 Å². The van der Waals surface area contributed by atoms with E-state index in [1.165, 1.54) is 0 Å². The first-order valence-electron chi connectivity index (χ1n) is 6.88. The SMILES string of the molecule is COCCC1(CNC(=O)COc2ccccc2N)CC1. The number of nitrogens with two attached hydrogens (primary N) is 1. The molecule has 110 valence electrons. The van der Waals surface area contributed by atoms with E-state index in [0.29, 0.717) is 18.0 Å². The largest absolute Gasteiger partial charge is 0.482 e. The summed E-state index contributed by atoms with van der Waals surface area (Å²) in [6.45, 7) is 1.43. The molecule has 0 spiro atoms. The van der Waals surface area contributed by atoms with Crippen molar-refractivity contribution in [2.45, 2.75) is 19.3 Å². The van der Waals surface area contributed by atoms with Crippen molar-refractivity contribution in [2.24, 2.45) is 5.41 Å². The topological polar surface area (TPSA) is 73.6 Å². The third-order valence-corrected chi connectivity index (χ3v) is 3.73. The van der Waals surface area contributed by atoms with Crippen LogP contribution in [-0.2, 0) is 9.53 Å². The number of carbonyl (C=O) groups is 1. The van der Waals surface area contributed by atoms with Crippen LogP contribution in [0.1, 0.15) is 19.3 Å². The number of rotatable bonds is 8. The zero-order chi connectivity index (χ0) is 14.4. The van der Waals surface area contributed by atoms with Gasteiger partial charge in [0.05, 0.1) is 5.69 Å². The standard InChI is InChI=1S/C15H22N2O3/c1-19-9-8-15(6-7-15)11-17-14(18)10-20-13-5-3-2-4-12(13)16/h2-5H,6-11,16H2,1H3,(H,17,18). The first-order valence-corrected chi connectivity index (χ1v) is 6.88. The predicted octanol–water partition coefficient (Wildman–Crippen LogP) is 1.58. The van der Waals surface area contributed by atoms with Crippen LogP contribution in [0, 0.1) is 5.41 Å². The van der Waals surface area contributed by atoms with E-state index in [1.54, 1.807) is 19.2 Å². The van der Waals surface area contributed by atoms with Crippen molar-refractivity contribution in [3.05, 3.63) is 24.3 Å². The maximum absolute atomic E-state index is 11.8. The number of hydrogen-bond donors (Lipinski definition) is 2. The minimum Gasteiger partial charge on any atom is -0.482 e. The summed E-state index contributed by atoms with van der Waals surface area (Å²) in [6.07, 6.45) is 3.31. The fourth-order valence-electron chi connectivity index (χ4n) is 2.10. The van der Waals surface area contributed by atoms with Crippen LogP contribution in [-0.4, -0.2) is 32.8 Å². The molecule has 0 aliphatic heterocycles. The van der Waals surface area contributed by atoms with Crippen LogP contribution in [0.25, 0.3) is 0 Å². The van der Waals surface area contributed by atoms with Crippen LogP contribution < -0.4 is 15.8 Å². The van der Waals surface area contributed by atoms with Gasteiger partial charge in [-0.1, -0.05) is 12.1 Å². The molecule has 5 heteroatoms. The quantitative estimate of drug-likeness (QED) is 0.708. The highest BCUT2D eigenvalue weighted by atomic mass is 16.5. The molecule has 1 saturated carbocycles. The van der Waals surface area contributed by atoms with E-state index < -0.39 is 0 Å². The first-order chi connectivity index (χ1) is 9.65. The smallest absolute Gasteiger partial charge is 0.257 e. The average molecular weight is 278 g/mol. The molecule has 1 aromatic carbocycles. The van der Waals surface area contributed by atoms with Gasteiger partial charge in [0.2, 0.25) is 0 Å². The maximum Gasteiger partial charge on any atom is 0.257 e. The van der Waals surface area contributed by atoms with E-state index in [-0.39, 0.29) is 17.9 Å². The van der Waals surface area contributed by atoms with Gasteiger partial charge in [-0.05, 0) is 36.8 Å². The van der Waals surface area contributed by atoms with Gasteiger partial charge >= 0.3 is 0 Å². The Bertz CT molecular complexity index is 458. The molecule has 0 atom stereocenters. The molecule has 0 saturated heterocycles. The fourth-order valence-corrected chi connectivity index (χ4v) is 2.10. The van der Waals surface area contributed by atoms with Crippen LogP contribution in [0.15, 0.2) is 24.3 Å². The van der Waals surface area contributed by atoms with Gasteiger partial charge in [0, 0.05) is 20.3 Å². The molecule has 5 nitrogen and oxygen atoms in total. The number of carbonyl (C=O) groups excluding carboxylic acids is 1. The molecule has 0 bridgehead atoms. The number of nitrogen functional groups attached to an aromatic ring is 1. The Morgan fingerprint density at radius 1 is 1.40 bits per heavy atom. The summed E-state index contributed by atoms with van der Waals surface area (Å²) >= 11 is 0. The van der Waals surface area contributed by atoms with Gasteiger partial charge in [0.1, 0.15) is 5.75 Å². The Balaban J connectivity index is 1.70. The molecule has 3 N–H and O–H groups in total. The lowest BCUT2D eigenvalue weighted by molar-refractivity contribution is -0.123. The Morgan fingerprint density at radius 2 is 2.15 bits per heavy atom. The van der Waals surface area contributed by atoms with Gasteiger partial charge in [-0.25, -0.2) is 0 Å². The zero-order valence-electron chi connectivity index (χ0n) is 11.9. The van der Waals surface area contributed by atoms with Gasteiger partial charge in [-0.2, -0.15) is 0 Å². The van der Waals surface area contributed by atoms with Crippen LogP contribution in [0.5, 0.6) is 5.75 Å². The molecule has 1 aromatic rings. The Labute approximate surface area is 119 Å². The number of hydrogen-bond acceptors (Lipinski definition) is 4. The highest BCUT2D eigenvalue weighted by Crippen LogP contribution is 2.48. The number of ether oxygens (including phenoxy) is 2. The average Bonchev–Trinajstić information content (AvgIpc) is 3.23. The normalized spacial score (nSPS) is 15.7. The number of nitrogens with one attached hydrogen (secondary N) is 1. The van der Waals surface area contributed by atoms with Gasteiger partial charge < -0.3 is 20.5 Å². The highest BCUT2D eigenvalue weighted by Gasteiger charge is 2.42. The second kappa shape index (κ2) is 6.61. The summed E-state index contributed by atoms with van der Waals surface area (Å²) in [5.41, 5.74) is 6.53. The molecule has 1 aliphatic carbocycles. The van der Waals surface area contributed by atoms with Crippen molar-refractivity contribution < 1.29 is 14.3 Å². The summed E-state index contributed by atoms with van der Waals surface area (Å²) in [4.78, 5) is 11.8. The Morgan fingerprint density at radius 3 is 2.80 bits per heavy atom. The third-order valence-electron chi connectivity index (χ3n) is 3.73. The molecule has 1 amide bonds. The number of benzene rings is 1. The van der Waals surface area contributed by atoms with Crippen LogP contribution in [0.4, 0.5) is 5.69 Å². The summed E-state index contributed by atoms with van der Waals surface area (Å²) < 4.78 is 10.5. The number of para-hydroxylation sites is 2. The molecule has 2 rings (SSSR count). The van der Waals surface area contributed by atoms with Crippen molar-refractivity contribution in [2.75, 3.05) is 32.6 Å². The molecule has 1 fully saturated rings. The molecule has 0 radical (unpaired) electrons. The lowest BCUT2D eigenvalue weighted by atomic mass is 10.0. The number of anilines is 1. The van der Waals surface area contributed by atoms with Gasteiger partial charge in [-0.15, -0.1) is 0 Å². The van der Waals surface area contributed by atoms with E-state index in [0.717, 1.165) is 25.9 Å². The molecule has 1 aliphatic rings. The Kier molecular flexibility index (Phi) is 4.84. The summed E-state index contributed by atoms with van der Waals surface area (Å²) in [7, 11) is 1.70. The van der Waals surface area contributed by atoms with E-state index in [2.05, 4.69) is 5.32 Å². The fraction of sp³-hybridized carbons (Fsp3) is 0.533. The summed E-state index contributed by atoms with van der Waals surface area (Å²) in [5.74, 6) is 0.431. The highest BCUT2D eigenvalue weighted by molar-refractivity contribution is 5.77. The lowest BCUT2D eigenvalue weighted by Crippen LogP contribution is -2.34. The van der Waals surface area contributed by atoms with Crippen LogP contribution >= 0.6 is 0 Å². The molecule has 0 aromatic heterocycles. The summed E-state index contributed by atoms with van der Waals surface area (Å²) in [6, 6.07) is 7.16. The van der Waals surface area contributed by atoms with Crippen LogP contribution in [0.2, 0.25) is 0 Å². The van der Waals surface area contributed by atoms with E-state index in [9.17, 15) is 4.79 Å². The van der Waals surface area contributed by atoms with Crippen molar-refractivity contribution >= 4 is 11.6 Å². The maximum atomic E-state index is 11.8. The molecule has 0 heterocycles. The van der Waals surface area contributed by atoms with E-state index in [1.807, 2.05) is 12.1 Å². The van der Waals surface area contributed by atoms with E-state index >= 15 is 0 Å². The number of amides is 1. The first kappa shape index (κ1) is 14.7. The predicted molar refractivity (Wildman–Crippen MR) is 77.5 cm³/mol. The zero-order valence-corrected chi connectivity index (χ0v) is 11.9. The third kappa shape index (κ3) is 4.13. The monoisotopic (exact) mass is 278 g/mol. The summed E-state index contributed by atoms with van der Waals surface area (Å²) in [5, 5.41) is 2.92. The van der Waals surface area contributed by atoms with E-state index in [4.69, 9.17) is 15.2 Å². The van der Waals surface area contributed by atoms with Gasteiger partial charge in [0.25, 0.3) is 5.91 Å². The van der Waals surface area contributed by atoms with Crippen molar-refractivity contribution in [3.8, 4) is 5.75 Å². The van der Waals surface area contributed by atoms with Gasteiger partial charge in [0.15, 0.2) is 6.61 Å². The molecule has 0 unspecified atom stereocenters. The Hall–Kier alpha value is -1.75. The van der Waals surface area contributed by atoms with Crippen molar-refractivity contribution in [1.29, 1.82) is 0 Å². The second-order valence-electron chi connectivity index (χ2n) is 5.35. The minimum atomic E-state index is -0.114.